The van der Waals surface area contributed by atoms with Crippen LogP contribution >= 0.6 is 11.6 Å². The number of carbonyl (C=O) groups excluding carboxylic acids is 1. The van der Waals surface area contributed by atoms with E-state index in [-0.39, 0.29) is 17.2 Å². The van der Waals surface area contributed by atoms with Crippen LogP contribution in [0.3, 0.4) is 0 Å². The Morgan fingerprint density at radius 3 is 2.47 bits per heavy atom. The van der Waals surface area contributed by atoms with E-state index in [0.717, 1.165) is 37.7 Å². The molecule has 3 rings (SSSR count). The Balaban J connectivity index is 1.53. The largest absolute Gasteiger partial charge is 0.496 e. The van der Waals surface area contributed by atoms with Crippen molar-refractivity contribution in [1.29, 1.82) is 0 Å². The molecule has 2 aromatic rings. The molecule has 0 aliphatic carbocycles. The number of methoxy groups -OCH3 is 1. The van der Waals surface area contributed by atoms with Crippen LogP contribution < -0.4 is 10.1 Å². The fraction of sp³-hybridized carbons (Fsp3) is 0.458. The zero-order valence-electron chi connectivity index (χ0n) is 18.5. The van der Waals surface area contributed by atoms with Crippen LogP contribution in [0.1, 0.15) is 43.2 Å². The van der Waals surface area contributed by atoms with Crippen molar-refractivity contribution >= 4 is 27.5 Å². The number of nitrogens with one attached hydrogen (secondary N) is 1. The van der Waals surface area contributed by atoms with E-state index in [1.165, 1.54) is 5.56 Å². The molecular weight excluding hydrogens is 448 g/mol. The fourth-order valence-corrected chi connectivity index (χ4v) is 5.57. The molecule has 1 heterocycles. The van der Waals surface area contributed by atoms with Crippen LogP contribution in [0, 0.1) is 0 Å². The van der Waals surface area contributed by atoms with Crippen molar-refractivity contribution in [1.82, 2.24) is 9.62 Å². The number of halogens is 1. The van der Waals surface area contributed by atoms with Gasteiger partial charge in [-0.3, -0.25) is 4.79 Å². The van der Waals surface area contributed by atoms with Gasteiger partial charge in [0.15, 0.2) is 0 Å². The van der Waals surface area contributed by atoms with Crippen LogP contribution in [0.2, 0.25) is 5.02 Å². The van der Waals surface area contributed by atoms with Gasteiger partial charge in [0.05, 0.1) is 12.0 Å². The molecule has 2 aromatic carbocycles. The molecule has 0 radical (unpaired) electrons. The molecule has 0 unspecified atom stereocenters. The van der Waals surface area contributed by atoms with Gasteiger partial charge in [-0.15, -0.1) is 0 Å². The SMILES string of the molecule is COc1ccc(S(=O)(=O)N2CCCCC2)cc1CCC(=O)NCCCc1ccc(Cl)cc1. The Bertz CT molecular complexity index is 1000. The third kappa shape index (κ3) is 6.70. The number of sulfonamides is 1. The highest BCUT2D eigenvalue weighted by atomic mass is 35.5. The predicted molar refractivity (Wildman–Crippen MR) is 127 cm³/mol. The second kappa shape index (κ2) is 11.7. The maximum absolute atomic E-state index is 13.0. The lowest BCUT2D eigenvalue weighted by Crippen LogP contribution is -2.35. The van der Waals surface area contributed by atoms with Crippen molar-refractivity contribution in [3.8, 4) is 5.75 Å². The molecule has 6 nitrogen and oxygen atoms in total. The molecule has 1 fully saturated rings. The molecule has 0 atom stereocenters. The quantitative estimate of drug-likeness (QED) is 0.519. The van der Waals surface area contributed by atoms with Crippen molar-refractivity contribution < 1.29 is 17.9 Å². The van der Waals surface area contributed by atoms with Gasteiger partial charge in [-0.05, 0) is 73.6 Å². The van der Waals surface area contributed by atoms with Crippen LogP contribution in [0.15, 0.2) is 47.4 Å². The highest BCUT2D eigenvalue weighted by Gasteiger charge is 2.26. The topological polar surface area (TPSA) is 75.7 Å². The Labute approximate surface area is 196 Å². The summed E-state index contributed by atoms with van der Waals surface area (Å²) in [6.45, 7) is 1.70. The highest BCUT2D eigenvalue weighted by Crippen LogP contribution is 2.27. The number of piperidine rings is 1. The summed E-state index contributed by atoms with van der Waals surface area (Å²) in [7, 11) is -1.98. The van der Waals surface area contributed by atoms with Crippen molar-refractivity contribution in [2.45, 2.75) is 49.8 Å². The average molecular weight is 479 g/mol. The number of nitrogens with zero attached hydrogens (tertiary/aromatic N) is 1. The Kier molecular flexibility index (Phi) is 8.96. The zero-order chi connectivity index (χ0) is 23.0. The van der Waals surface area contributed by atoms with Gasteiger partial charge < -0.3 is 10.1 Å². The fourth-order valence-electron chi connectivity index (χ4n) is 3.87. The molecule has 1 aliphatic rings. The van der Waals surface area contributed by atoms with Crippen molar-refractivity contribution in [2.75, 3.05) is 26.7 Å². The van der Waals surface area contributed by atoms with E-state index < -0.39 is 10.0 Å². The van der Waals surface area contributed by atoms with Gasteiger partial charge in [0.25, 0.3) is 0 Å². The third-order valence-electron chi connectivity index (χ3n) is 5.70. The molecule has 0 saturated carbocycles. The number of benzene rings is 2. The number of hydrogen-bond acceptors (Lipinski definition) is 4. The molecule has 0 spiro atoms. The van der Waals surface area contributed by atoms with E-state index >= 15 is 0 Å². The molecule has 1 aliphatic heterocycles. The van der Waals surface area contributed by atoms with Crippen LogP contribution in [0.4, 0.5) is 0 Å². The minimum Gasteiger partial charge on any atom is -0.496 e. The molecule has 174 valence electrons. The van der Waals surface area contributed by atoms with Crippen LogP contribution in [0.25, 0.3) is 0 Å². The van der Waals surface area contributed by atoms with Crippen molar-refractivity contribution in [2.24, 2.45) is 0 Å². The average Bonchev–Trinajstić information content (AvgIpc) is 2.82. The summed E-state index contributed by atoms with van der Waals surface area (Å²) in [5.41, 5.74) is 1.90. The number of ether oxygens (including phenoxy) is 1. The molecule has 1 N–H and O–H groups in total. The molecule has 1 amide bonds. The van der Waals surface area contributed by atoms with Crippen molar-refractivity contribution in [3.05, 3.63) is 58.6 Å². The number of amides is 1. The van der Waals surface area contributed by atoms with Crippen LogP contribution in [0.5, 0.6) is 5.75 Å². The molecule has 0 bridgehead atoms. The summed E-state index contributed by atoms with van der Waals surface area (Å²) in [6, 6.07) is 12.6. The Morgan fingerprint density at radius 2 is 1.78 bits per heavy atom. The van der Waals surface area contributed by atoms with E-state index in [1.807, 2.05) is 24.3 Å². The zero-order valence-corrected chi connectivity index (χ0v) is 20.1. The monoisotopic (exact) mass is 478 g/mol. The molecule has 1 saturated heterocycles. The summed E-state index contributed by atoms with van der Waals surface area (Å²) in [5, 5.41) is 3.65. The lowest BCUT2D eigenvalue weighted by molar-refractivity contribution is -0.121. The number of hydrogen-bond donors (Lipinski definition) is 1. The summed E-state index contributed by atoms with van der Waals surface area (Å²) in [6.07, 6.45) is 5.22. The first-order chi connectivity index (χ1) is 15.4. The summed E-state index contributed by atoms with van der Waals surface area (Å²) in [4.78, 5) is 12.6. The van der Waals surface area contributed by atoms with Crippen LogP contribution in [-0.2, 0) is 27.7 Å². The Morgan fingerprint density at radius 1 is 1.06 bits per heavy atom. The van der Waals surface area contributed by atoms with Gasteiger partial charge in [-0.1, -0.05) is 30.2 Å². The molecular formula is C24H31ClN2O4S. The first-order valence-corrected chi connectivity index (χ1v) is 12.9. The van der Waals surface area contributed by atoms with Gasteiger partial charge in [-0.25, -0.2) is 8.42 Å². The summed E-state index contributed by atoms with van der Waals surface area (Å²) in [5.74, 6) is 0.533. The first-order valence-electron chi connectivity index (χ1n) is 11.1. The van der Waals surface area contributed by atoms with Gasteiger partial charge in [0.2, 0.25) is 15.9 Å². The second-order valence-electron chi connectivity index (χ2n) is 8.02. The summed E-state index contributed by atoms with van der Waals surface area (Å²) < 4.78 is 32.9. The number of carbonyl (C=O) groups is 1. The second-order valence-corrected chi connectivity index (χ2v) is 10.4. The number of aryl methyl sites for hydroxylation is 2. The van der Waals surface area contributed by atoms with Gasteiger partial charge in [-0.2, -0.15) is 4.31 Å². The minimum atomic E-state index is -3.53. The van der Waals surface area contributed by atoms with E-state index in [0.29, 0.717) is 36.8 Å². The maximum Gasteiger partial charge on any atom is 0.243 e. The Hall–Kier alpha value is -2.09. The standard InChI is InChI=1S/C24H31ClN2O4S/c1-31-23-13-12-22(32(29,30)27-16-3-2-4-17-27)18-20(23)9-14-24(28)26-15-5-6-19-7-10-21(25)11-8-19/h7-8,10-13,18H,2-6,9,14-17H2,1H3,(H,26,28). The predicted octanol–water partition coefficient (Wildman–Crippen LogP) is 4.20. The molecule has 32 heavy (non-hydrogen) atoms. The normalized spacial score (nSPS) is 14.8. The van der Waals surface area contributed by atoms with Gasteiger partial charge in [0, 0.05) is 31.1 Å². The number of rotatable bonds is 10. The van der Waals surface area contributed by atoms with E-state index in [1.54, 1.807) is 29.6 Å². The van der Waals surface area contributed by atoms with E-state index in [2.05, 4.69) is 5.32 Å². The van der Waals surface area contributed by atoms with Gasteiger partial charge >= 0.3 is 0 Å². The van der Waals surface area contributed by atoms with Crippen molar-refractivity contribution in [3.63, 3.8) is 0 Å². The summed E-state index contributed by atoms with van der Waals surface area (Å²) >= 11 is 5.89. The van der Waals surface area contributed by atoms with E-state index in [4.69, 9.17) is 16.3 Å². The first kappa shape index (κ1) is 24.6. The minimum absolute atomic E-state index is 0.0625. The van der Waals surface area contributed by atoms with Crippen LogP contribution in [-0.4, -0.2) is 45.4 Å². The van der Waals surface area contributed by atoms with Gasteiger partial charge in [0.1, 0.15) is 5.75 Å². The molecule has 8 heteroatoms. The van der Waals surface area contributed by atoms with E-state index in [9.17, 15) is 13.2 Å². The maximum atomic E-state index is 13.0. The lowest BCUT2D eigenvalue weighted by Gasteiger charge is -2.26. The highest BCUT2D eigenvalue weighted by molar-refractivity contribution is 7.89. The smallest absolute Gasteiger partial charge is 0.243 e. The lowest BCUT2D eigenvalue weighted by atomic mass is 10.1. The third-order valence-corrected chi connectivity index (χ3v) is 7.85. The molecule has 0 aromatic heterocycles.